The van der Waals surface area contributed by atoms with E-state index in [0.717, 1.165) is 11.1 Å². The second-order valence-electron chi connectivity index (χ2n) is 6.76. The fourth-order valence-electron chi connectivity index (χ4n) is 2.74. The van der Waals surface area contributed by atoms with E-state index in [0.29, 0.717) is 11.5 Å². The summed E-state index contributed by atoms with van der Waals surface area (Å²) in [6.45, 7) is 7.37. The van der Waals surface area contributed by atoms with Crippen LogP contribution in [0.5, 0.6) is 11.5 Å². The standard InChI is InChI=1S/C18H27NO5/c1-11-7-14(23-5)15(24-6)8-13(11)12(2)19-16(20)9-18(3,4)10-17(21)22/h7-8,12H,9-10H2,1-6H3,(H,19,20)(H,21,22). The molecule has 0 aliphatic carbocycles. The summed E-state index contributed by atoms with van der Waals surface area (Å²) in [7, 11) is 3.14. The van der Waals surface area contributed by atoms with Crippen LogP contribution in [0.3, 0.4) is 0 Å². The van der Waals surface area contributed by atoms with E-state index in [2.05, 4.69) is 5.32 Å². The molecule has 0 radical (unpaired) electrons. The SMILES string of the molecule is COc1cc(C)c(C(C)NC(=O)CC(C)(C)CC(=O)O)cc1OC. The van der Waals surface area contributed by atoms with Gasteiger partial charge in [-0.1, -0.05) is 13.8 Å². The van der Waals surface area contributed by atoms with Crippen LogP contribution in [0, 0.1) is 12.3 Å². The van der Waals surface area contributed by atoms with Crippen molar-refractivity contribution < 1.29 is 24.2 Å². The molecule has 6 heteroatoms. The second-order valence-corrected chi connectivity index (χ2v) is 6.76. The highest BCUT2D eigenvalue weighted by Crippen LogP contribution is 2.33. The summed E-state index contributed by atoms with van der Waals surface area (Å²) in [5, 5.41) is 11.8. The second kappa shape index (κ2) is 8.04. The first-order valence-electron chi connectivity index (χ1n) is 7.83. The summed E-state index contributed by atoms with van der Waals surface area (Å²) in [5.74, 6) is 0.157. The van der Waals surface area contributed by atoms with Crippen molar-refractivity contribution >= 4 is 11.9 Å². The first-order chi connectivity index (χ1) is 11.1. The van der Waals surface area contributed by atoms with Gasteiger partial charge in [0, 0.05) is 6.42 Å². The van der Waals surface area contributed by atoms with Gasteiger partial charge in [-0.15, -0.1) is 0 Å². The van der Waals surface area contributed by atoms with E-state index >= 15 is 0 Å². The zero-order valence-electron chi connectivity index (χ0n) is 15.2. The van der Waals surface area contributed by atoms with Gasteiger partial charge in [0.2, 0.25) is 5.91 Å². The Hall–Kier alpha value is -2.24. The molecule has 0 aromatic heterocycles. The van der Waals surface area contributed by atoms with Crippen LogP contribution >= 0.6 is 0 Å². The number of carbonyl (C=O) groups is 2. The quantitative estimate of drug-likeness (QED) is 0.761. The predicted molar refractivity (Wildman–Crippen MR) is 91.5 cm³/mol. The van der Waals surface area contributed by atoms with Crippen LogP contribution in [0.2, 0.25) is 0 Å². The maximum atomic E-state index is 12.3. The van der Waals surface area contributed by atoms with Crippen molar-refractivity contribution in [1.29, 1.82) is 0 Å². The van der Waals surface area contributed by atoms with E-state index in [1.54, 1.807) is 28.1 Å². The van der Waals surface area contributed by atoms with Crippen molar-refractivity contribution in [3.05, 3.63) is 23.3 Å². The van der Waals surface area contributed by atoms with Gasteiger partial charge >= 0.3 is 5.97 Å². The van der Waals surface area contributed by atoms with Crippen molar-refractivity contribution in [3.63, 3.8) is 0 Å². The number of benzene rings is 1. The third-order valence-corrected chi connectivity index (χ3v) is 3.89. The normalized spacial score (nSPS) is 12.4. The highest BCUT2D eigenvalue weighted by molar-refractivity contribution is 5.78. The maximum Gasteiger partial charge on any atom is 0.303 e. The Labute approximate surface area is 143 Å². The number of rotatable bonds is 8. The molecule has 0 bridgehead atoms. The number of aliphatic carboxylic acids is 1. The van der Waals surface area contributed by atoms with E-state index in [9.17, 15) is 9.59 Å². The highest BCUT2D eigenvalue weighted by atomic mass is 16.5. The molecule has 0 aliphatic heterocycles. The zero-order chi connectivity index (χ0) is 18.5. The molecule has 1 rings (SSSR count). The number of methoxy groups -OCH3 is 2. The van der Waals surface area contributed by atoms with Crippen LogP contribution in [0.25, 0.3) is 0 Å². The zero-order valence-corrected chi connectivity index (χ0v) is 15.2. The van der Waals surface area contributed by atoms with Crippen LogP contribution < -0.4 is 14.8 Å². The minimum absolute atomic E-state index is 0.0514. The number of ether oxygens (including phenoxy) is 2. The largest absolute Gasteiger partial charge is 0.493 e. The van der Waals surface area contributed by atoms with Crippen molar-refractivity contribution in [3.8, 4) is 11.5 Å². The molecule has 1 aromatic rings. The van der Waals surface area contributed by atoms with Gasteiger partial charge in [0.05, 0.1) is 26.7 Å². The summed E-state index contributed by atoms with van der Waals surface area (Å²) in [6.07, 6.45) is 0.0974. The van der Waals surface area contributed by atoms with Gasteiger partial charge in [0.1, 0.15) is 0 Å². The monoisotopic (exact) mass is 337 g/mol. The number of carbonyl (C=O) groups excluding carboxylic acids is 1. The predicted octanol–water partition coefficient (Wildman–Crippen LogP) is 3.08. The smallest absolute Gasteiger partial charge is 0.303 e. The van der Waals surface area contributed by atoms with Gasteiger partial charge in [-0.25, -0.2) is 0 Å². The summed E-state index contributed by atoms with van der Waals surface area (Å²) in [6, 6.07) is 3.49. The number of hydrogen-bond donors (Lipinski definition) is 2. The molecule has 0 saturated heterocycles. The lowest BCUT2D eigenvalue weighted by atomic mass is 9.85. The molecular formula is C18H27NO5. The first kappa shape index (κ1) is 19.8. The summed E-state index contributed by atoms with van der Waals surface area (Å²) < 4.78 is 10.6. The van der Waals surface area contributed by atoms with Crippen LogP contribution in [-0.4, -0.2) is 31.2 Å². The number of nitrogens with one attached hydrogen (secondary N) is 1. The van der Waals surface area contributed by atoms with Gasteiger partial charge in [-0.05, 0) is 42.5 Å². The number of hydrogen-bond acceptors (Lipinski definition) is 4. The molecule has 6 nitrogen and oxygen atoms in total. The Morgan fingerprint density at radius 1 is 1.17 bits per heavy atom. The number of aryl methyl sites for hydroxylation is 1. The van der Waals surface area contributed by atoms with E-state index in [1.807, 2.05) is 26.0 Å². The summed E-state index contributed by atoms with van der Waals surface area (Å²) in [4.78, 5) is 23.1. The lowest BCUT2D eigenvalue weighted by molar-refractivity contribution is -0.139. The number of carboxylic acids is 1. The fourth-order valence-corrected chi connectivity index (χ4v) is 2.74. The van der Waals surface area contributed by atoms with Crippen LogP contribution in [-0.2, 0) is 9.59 Å². The molecule has 1 amide bonds. The average molecular weight is 337 g/mol. The molecule has 1 atom stereocenters. The van der Waals surface area contributed by atoms with Gasteiger partial charge < -0.3 is 19.9 Å². The van der Waals surface area contributed by atoms with E-state index in [1.165, 1.54) is 0 Å². The third-order valence-electron chi connectivity index (χ3n) is 3.89. The van der Waals surface area contributed by atoms with Crippen molar-refractivity contribution in [2.24, 2.45) is 5.41 Å². The van der Waals surface area contributed by atoms with Crippen LogP contribution in [0.15, 0.2) is 12.1 Å². The molecule has 24 heavy (non-hydrogen) atoms. The summed E-state index contributed by atoms with van der Waals surface area (Å²) >= 11 is 0. The van der Waals surface area contributed by atoms with E-state index in [-0.39, 0.29) is 24.8 Å². The van der Waals surface area contributed by atoms with Crippen LogP contribution in [0.4, 0.5) is 0 Å². The first-order valence-corrected chi connectivity index (χ1v) is 7.83. The minimum atomic E-state index is -0.906. The minimum Gasteiger partial charge on any atom is -0.493 e. The Balaban J connectivity index is 2.86. The Kier molecular flexibility index (Phi) is 6.63. The maximum absolute atomic E-state index is 12.3. The Morgan fingerprint density at radius 2 is 1.71 bits per heavy atom. The Bertz CT molecular complexity index is 610. The third kappa shape index (κ3) is 5.44. The van der Waals surface area contributed by atoms with E-state index < -0.39 is 11.4 Å². The molecule has 1 unspecified atom stereocenters. The van der Waals surface area contributed by atoms with Crippen molar-refractivity contribution in [2.75, 3.05) is 14.2 Å². The van der Waals surface area contributed by atoms with Gasteiger partial charge in [0.25, 0.3) is 0 Å². The molecule has 1 aromatic carbocycles. The fraction of sp³-hybridized carbons (Fsp3) is 0.556. The Morgan fingerprint density at radius 3 is 2.21 bits per heavy atom. The number of carboxylic acid groups (broad SMARTS) is 1. The molecular weight excluding hydrogens is 310 g/mol. The van der Waals surface area contributed by atoms with Gasteiger partial charge in [-0.3, -0.25) is 9.59 Å². The van der Waals surface area contributed by atoms with Crippen molar-refractivity contribution in [2.45, 2.75) is 46.6 Å². The van der Waals surface area contributed by atoms with Crippen molar-refractivity contribution in [1.82, 2.24) is 5.32 Å². The molecule has 0 saturated carbocycles. The lowest BCUT2D eigenvalue weighted by Crippen LogP contribution is -2.32. The molecule has 0 aliphatic rings. The molecule has 0 heterocycles. The lowest BCUT2D eigenvalue weighted by Gasteiger charge is -2.24. The number of amides is 1. The molecule has 0 spiro atoms. The van der Waals surface area contributed by atoms with E-state index in [4.69, 9.17) is 14.6 Å². The van der Waals surface area contributed by atoms with Gasteiger partial charge in [0.15, 0.2) is 11.5 Å². The average Bonchev–Trinajstić information content (AvgIpc) is 2.44. The highest BCUT2D eigenvalue weighted by Gasteiger charge is 2.26. The molecule has 134 valence electrons. The topological polar surface area (TPSA) is 84.9 Å². The van der Waals surface area contributed by atoms with Gasteiger partial charge in [-0.2, -0.15) is 0 Å². The summed E-state index contributed by atoms with van der Waals surface area (Å²) in [5.41, 5.74) is 1.31. The molecule has 0 fully saturated rings. The molecule has 2 N–H and O–H groups in total. The van der Waals surface area contributed by atoms with Crippen LogP contribution in [0.1, 0.15) is 50.8 Å².